The summed E-state index contributed by atoms with van der Waals surface area (Å²) in [6.07, 6.45) is 1.22. The standard InChI is InChI=1S/C14H30N2O/c1-5-14(12(2)3)15-10-13(4)11-16-6-8-17-9-7-16/h12-15H,5-11H2,1-4H3/t13-,14-/m1/s1. The van der Waals surface area contributed by atoms with Crippen molar-refractivity contribution in [1.29, 1.82) is 0 Å². The zero-order chi connectivity index (χ0) is 12.7. The fourth-order valence-electron chi connectivity index (χ4n) is 2.49. The monoisotopic (exact) mass is 242 g/mol. The van der Waals surface area contributed by atoms with Gasteiger partial charge in [0.15, 0.2) is 0 Å². The second-order valence-electron chi connectivity index (χ2n) is 5.69. The van der Waals surface area contributed by atoms with Crippen LogP contribution in [0.5, 0.6) is 0 Å². The first-order chi connectivity index (χ1) is 8.13. The first kappa shape index (κ1) is 14.9. The maximum Gasteiger partial charge on any atom is 0.0594 e. The molecule has 1 heterocycles. The Kier molecular flexibility index (Phi) is 7.09. The number of hydrogen-bond acceptors (Lipinski definition) is 3. The predicted octanol–water partition coefficient (Wildman–Crippen LogP) is 1.98. The van der Waals surface area contributed by atoms with Crippen molar-refractivity contribution in [3.8, 4) is 0 Å². The lowest BCUT2D eigenvalue weighted by Crippen LogP contribution is -2.42. The Morgan fingerprint density at radius 3 is 2.35 bits per heavy atom. The summed E-state index contributed by atoms with van der Waals surface area (Å²) in [5, 5.41) is 3.70. The van der Waals surface area contributed by atoms with Gasteiger partial charge in [0, 0.05) is 25.7 Å². The van der Waals surface area contributed by atoms with E-state index in [9.17, 15) is 0 Å². The summed E-state index contributed by atoms with van der Waals surface area (Å²) in [6, 6.07) is 0.669. The van der Waals surface area contributed by atoms with Crippen molar-refractivity contribution in [3.05, 3.63) is 0 Å². The van der Waals surface area contributed by atoms with Crippen LogP contribution in [-0.2, 0) is 4.74 Å². The van der Waals surface area contributed by atoms with E-state index < -0.39 is 0 Å². The molecule has 3 nitrogen and oxygen atoms in total. The molecule has 0 aromatic rings. The van der Waals surface area contributed by atoms with Crippen molar-refractivity contribution in [2.45, 2.75) is 40.2 Å². The third kappa shape index (κ3) is 5.84. The van der Waals surface area contributed by atoms with Crippen molar-refractivity contribution >= 4 is 0 Å². The molecule has 0 saturated carbocycles. The molecule has 1 aliphatic heterocycles. The summed E-state index contributed by atoms with van der Waals surface area (Å²) in [5.41, 5.74) is 0. The zero-order valence-electron chi connectivity index (χ0n) is 12.0. The van der Waals surface area contributed by atoms with Crippen molar-refractivity contribution in [2.24, 2.45) is 11.8 Å². The molecule has 0 amide bonds. The van der Waals surface area contributed by atoms with Crippen LogP contribution in [0.25, 0.3) is 0 Å². The van der Waals surface area contributed by atoms with E-state index >= 15 is 0 Å². The molecular weight excluding hydrogens is 212 g/mol. The number of hydrogen-bond donors (Lipinski definition) is 1. The van der Waals surface area contributed by atoms with Gasteiger partial charge >= 0.3 is 0 Å². The molecule has 0 aliphatic carbocycles. The fourth-order valence-corrected chi connectivity index (χ4v) is 2.49. The molecule has 0 bridgehead atoms. The van der Waals surface area contributed by atoms with Crippen molar-refractivity contribution < 1.29 is 4.74 Å². The van der Waals surface area contributed by atoms with Gasteiger partial charge in [-0.25, -0.2) is 0 Å². The van der Waals surface area contributed by atoms with Crippen LogP contribution in [0.4, 0.5) is 0 Å². The Morgan fingerprint density at radius 2 is 1.82 bits per heavy atom. The fraction of sp³-hybridized carbons (Fsp3) is 1.00. The number of morpholine rings is 1. The van der Waals surface area contributed by atoms with E-state index in [4.69, 9.17) is 4.74 Å². The van der Waals surface area contributed by atoms with E-state index in [1.54, 1.807) is 0 Å². The van der Waals surface area contributed by atoms with Crippen molar-refractivity contribution in [2.75, 3.05) is 39.4 Å². The topological polar surface area (TPSA) is 24.5 Å². The predicted molar refractivity (Wildman–Crippen MR) is 73.3 cm³/mol. The lowest BCUT2D eigenvalue weighted by Gasteiger charge is -2.30. The van der Waals surface area contributed by atoms with E-state index in [-0.39, 0.29) is 0 Å². The summed E-state index contributed by atoms with van der Waals surface area (Å²) in [5.74, 6) is 1.46. The summed E-state index contributed by atoms with van der Waals surface area (Å²) < 4.78 is 5.37. The number of nitrogens with one attached hydrogen (secondary N) is 1. The molecule has 2 atom stereocenters. The molecule has 3 heteroatoms. The van der Waals surface area contributed by atoms with Crippen LogP contribution in [0, 0.1) is 11.8 Å². The van der Waals surface area contributed by atoms with Crippen LogP contribution in [0.2, 0.25) is 0 Å². The second-order valence-corrected chi connectivity index (χ2v) is 5.69. The summed E-state index contributed by atoms with van der Waals surface area (Å²) in [7, 11) is 0. The largest absolute Gasteiger partial charge is 0.379 e. The molecule has 1 aliphatic rings. The van der Waals surface area contributed by atoms with Gasteiger partial charge in [-0.2, -0.15) is 0 Å². The molecule has 1 N–H and O–H groups in total. The molecule has 0 unspecified atom stereocenters. The molecule has 17 heavy (non-hydrogen) atoms. The van der Waals surface area contributed by atoms with Gasteiger partial charge in [-0.3, -0.25) is 4.90 Å². The van der Waals surface area contributed by atoms with Crippen LogP contribution in [0.15, 0.2) is 0 Å². The smallest absolute Gasteiger partial charge is 0.0594 e. The second kappa shape index (κ2) is 8.06. The quantitative estimate of drug-likeness (QED) is 0.739. The van der Waals surface area contributed by atoms with Gasteiger partial charge in [0.2, 0.25) is 0 Å². The Labute approximate surface area is 107 Å². The minimum absolute atomic E-state index is 0.669. The van der Waals surface area contributed by atoms with Crippen molar-refractivity contribution in [3.63, 3.8) is 0 Å². The number of nitrogens with zero attached hydrogens (tertiary/aromatic N) is 1. The first-order valence-corrected chi connectivity index (χ1v) is 7.17. The molecule has 1 fully saturated rings. The summed E-state index contributed by atoms with van der Waals surface area (Å²) >= 11 is 0. The van der Waals surface area contributed by atoms with Crippen LogP contribution >= 0.6 is 0 Å². The van der Waals surface area contributed by atoms with Gasteiger partial charge in [-0.05, 0) is 24.8 Å². The minimum Gasteiger partial charge on any atom is -0.379 e. The summed E-state index contributed by atoms with van der Waals surface area (Å²) in [4.78, 5) is 2.52. The normalized spacial score (nSPS) is 21.7. The highest BCUT2D eigenvalue weighted by atomic mass is 16.5. The van der Waals surface area contributed by atoms with Gasteiger partial charge in [0.25, 0.3) is 0 Å². The third-order valence-electron chi connectivity index (χ3n) is 3.65. The summed E-state index contributed by atoms with van der Waals surface area (Å²) in [6.45, 7) is 15.6. The van der Waals surface area contributed by atoms with Gasteiger partial charge in [-0.1, -0.05) is 27.7 Å². The van der Waals surface area contributed by atoms with E-state index in [2.05, 4.69) is 37.9 Å². The van der Waals surface area contributed by atoms with E-state index in [1.165, 1.54) is 13.0 Å². The van der Waals surface area contributed by atoms with Crippen LogP contribution in [0.3, 0.4) is 0 Å². The Bertz CT molecular complexity index is 191. The van der Waals surface area contributed by atoms with Gasteiger partial charge in [-0.15, -0.1) is 0 Å². The first-order valence-electron chi connectivity index (χ1n) is 7.17. The molecular formula is C14H30N2O. The molecule has 0 radical (unpaired) electrons. The van der Waals surface area contributed by atoms with E-state index in [0.29, 0.717) is 6.04 Å². The lowest BCUT2D eigenvalue weighted by molar-refractivity contribution is 0.0315. The zero-order valence-corrected chi connectivity index (χ0v) is 12.0. The van der Waals surface area contributed by atoms with Gasteiger partial charge in [0.05, 0.1) is 13.2 Å². The Hall–Kier alpha value is -0.120. The third-order valence-corrected chi connectivity index (χ3v) is 3.65. The van der Waals surface area contributed by atoms with E-state index in [1.807, 2.05) is 0 Å². The number of rotatable bonds is 7. The van der Waals surface area contributed by atoms with Crippen LogP contribution in [-0.4, -0.2) is 50.3 Å². The SMILES string of the molecule is CC[C@@H](NC[C@@H](C)CN1CCOCC1)C(C)C. The molecule has 1 saturated heterocycles. The van der Waals surface area contributed by atoms with Gasteiger partial charge < -0.3 is 10.1 Å². The molecule has 0 aromatic carbocycles. The van der Waals surface area contributed by atoms with E-state index in [0.717, 1.165) is 44.7 Å². The Morgan fingerprint density at radius 1 is 1.18 bits per heavy atom. The average molecular weight is 242 g/mol. The lowest BCUT2D eigenvalue weighted by atomic mass is 10.0. The van der Waals surface area contributed by atoms with Crippen LogP contribution < -0.4 is 5.32 Å². The minimum atomic E-state index is 0.669. The average Bonchev–Trinajstić information content (AvgIpc) is 2.30. The number of ether oxygens (including phenoxy) is 1. The highest BCUT2D eigenvalue weighted by Gasteiger charge is 2.15. The highest BCUT2D eigenvalue weighted by Crippen LogP contribution is 2.07. The Balaban J connectivity index is 2.17. The molecule has 1 rings (SSSR count). The van der Waals surface area contributed by atoms with Crippen LogP contribution in [0.1, 0.15) is 34.1 Å². The van der Waals surface area contributed by atoms with Gasteiger partial charge in [0.1, 0.15) is 0 Å². The maximum atomic E-state index is 5.37. The maximum absolute atomic E-state index is 5.37. The van der Waals surface area contributed by atoms with Crippen molar-refractivity contribution in [1.82, 2.24) is 10.2 Å². The molecule has 0 spiro atoms. The molecule has 0 aromatic heterocycles. The molecule has 102 valence electrons. The highest BCUT2D eigenvalue weighted by molar-refractivity contribution is 4.72.